The van der Waals surface area contributed by atoms with Crippen molar-refractivity contribution < 1.29 is 18.7 Å². The van der Waals surface area contributed by atoms with E-state index in [1.54, 1.807) is 0 Å². The largest absolute Gasteiger partial charge is 0.465 e. The van der Waals surface area contributed by atoms with E-state index in [0.29, 0.717) is 41.9 Å². The molecule has 4 aromatic rings. The van der Waals surface area contributed by atoms with Crippen molar-refractivity contribution in [3.8, 4) is 0 Å². The summed E-state index contributed by atoms with van der Waals surface area (Å²) in [4.78, 5) is 28.4. The second kappa shape index (κ2) is 9.63. The summed E-state index contributed by atoms with van der Waals surface area (Å²) >= 11 is 0. The van der Waals surface area contributed by atoms with Crippen molar-refractivity contribution in [2.24, 2.45) is 5.92 Å². The summed E-state index contributed by atoms with van der Waals surface area (Å²) in [5.41, 5.74) is 2.78. The number of para-hydroxylation sites is 1. The SMILES string of the molecule is O=COC1CCC(CNC(=O)c2cc(F)cc3ccn(Cc4ccc5ccccc5n4)c23)CC1. The van der Waals surface area contributed by atoms with E-state index in [1.165, 1.54) is 12.1 Å². The number of carbonyl (C=O) groups excluding carboxylic acids is 2. The van der Waals surface area contributed by atoms with Crippen LogP contribution in [0.3, 0.4) is 0 Å². The van der Waals surface area contributed by atoms with Crippen LogP contribution in [0, 0.1) is 11.7 Å². The third-order valence-corrected chi connectivity index (χ3v) is 6.65. The van der Waals surface area contributed by atoms with Crippen LogP contribution in [0.5, 0.6) is 0 Å². The number of nitrogens with zero attached hydrogens (tertiary/aromatic N) is 2. The molecule has 1 aliphatic rings. The van der Waals surface area contributed by atoms with E-state index in [0.717, 1.165) is 42.3 Å². The maximum absolute atomic E-state index is 14.3. The van der Waals surface area contributed by atoms with Crippen molar-refractivity contribution in [2.75, 3.05) is 6.54 Å². The molecule has 2 aromatic heterocycles. The molecule has 0 radical (unpaired) electrons. The first kappa shape index (κ1) is 22.1. The summed E-state index contributed by atoms with van der Waals surface area (Å²) in [5.74, 6) is -0.416. The highest BCUT2D eigenvalue weighted by Gasteiger charge is 2.23. The monoisotopic (exact) mass is 459 g/mol. The van der Waals surface area contributed by atoms with E-state index >= 15 is 0 Å². The average molecular weight is 460 g/mol. The Morgan fingerprint density at radius 3 is 2.74 bits per heavy atom. The summed E-state index contributed by atoms with van der Waals surface area (Å²) < 4.78 is 21.3. The lowest BCUT2D eigenvalue weighted by Crippen LogP contribution is -2.33. The van der Waals surface area contributed by atoms with Crippen LogP contribution in [0.4, 0.5) is 4.39 Å². The van der Waals surface area contributed by atoms with Crippen LogP contribution in [-0.2, 0) is 16.1 Å². The normalized spacial score (nSPS) is 18.1. The van der Waals surface area contributed by atoms with E-state index in [1.807, 2.05) is 53.2 Å². The Hall–Kier alpha value is -3.74. The molecule has 1 aliphatic carbocycles. The Morgan fingerprint density at radius 2 is 1.91 bits per heavy atom. The molecular weight excluding hydrogens is 433 g/mol. The number of halogens is 1. The number of aromatic nitrogens is 2. The Bertz CT molecular complexity index is 1340. The predicted octanol–water partition coefficient (Wildman–Crippen LogP) is 4.84. The van der Waals surface area contributed by atoms with Gasteiger partial charge in [-0.15, -0.1) is 0 Å². The Morgan fingerprint density at radius 1 is 1.09 bits per heavy atom. The molecule has 2 aromatic carbocycles. The molecular formula is C27H26FN3O3. The second-order valence-electron chi connectivity index (χ2n) is 8.92. The maximum Gasteiger partial charge on any atom is 0.293 e. The summed E-state index contributed by atoms with van der Waals surface area (Å²) in [6.07, 6.45) is 5.18. The molecule has 0 saturated heterocycles. The van der Waals surface area contributed by atoms with Gasteiger partial charge in [-0.1, -0.05) is 24.3 Å². The van der Waals surface area contributed by atoms with Crippen LogP contribution in [0.2, 0.25) is 0 Å². The number of amides is 1. The van der Waals surface area contributed by atoms with Gasteiger partial charge in [-0.2, -0.15) is 0 Å². The molecule has 0 bridgehead atoms. The Balaban J connectivity index is 1.35. The fourth-order valence-corrected chi connectivity index (χ4v) is 4.87. The molecule has 0 atom stereocenters. The molecule has 1 amide bonds. The van der Waals surface area contributed by atoms with Gasteiger partial charge in [-0.25, -0.2) is 4.39 Å². The molecule has 1 saturated carbocycles. The quantitative estimate of drug-likeness (QED) is 0.402. The lowest BCUT2D eigenvalue weighted by Gasteiger charge is -2.27. The van der Waals surface area contributed by atoms with Gasteiger partial charge in [0.05, 0.1) is 28.8 Å². The molecule has 1 N–H and O–H groups in total. The van der Waals surface area contributed by atoms with Crippen LogP contribution in [0.15, 0.2) is 60.8 Å². The number of hydrogen-bond donors (Lipinski definition) is 1. The summed E-state index contributed by atoms with van der Waals surface area (Å²) in [7, 11) is 0. The molecule has 5 rings (SSSR count). The van der Waals surface area contributed by atoms with E-state index < -0.39 is 5.82 Å². The molecule has 1 fully saturated rings. The smallest absolute Gasteiger partial charge is 0.293 e. The minimum absolute atomic E-state index is 0.0284. The van der Waals surface area contributed by atoms with Crippen LogP contribution in [0.1, 0.15) is 41.7 Å². The van der Waals surface area contributed by atoms with Gasteiger partial charge in [-0.05, 0) is 61.9 Å². The number of fused-ring (bicyclic) bond motifs is 2. The second-order valence-corrected chi connectivity index (χ2v) is 8.92. The van der Waals surface area contributed by atoms with Crippen LogP contribution < -0.4 is 5.32 Å². The van der Waals surface area contributed by atoms with E-state index in [2.05, 4.69) is 5.32 Å². The van der Waals surface area contributed by atoms with E-state index in [-0.39, 0.29) is 12.0 Å². The number of benzene rings is 2. The molecule has 174 valence electrons. The Kier molecular flexibility index (Phi) is 6.25. The fourth-order valence-electron chi connectivity index (χ4n) is 4.87. The number of hydrogen-bond acceptors (Lipinski definition) is 4. The van der Waals surface area contributed by atoms with E-state index in [4.69, 9.17) is 9.72 Å². The van der Waals surface area contributed by atoms with Gasteiger partial charge in [0.15, 0.2) is 0 Å². The summed E-state index contributed by atoms with van der Waals surface area (Å²) in [6.45, 7) is 1.49. The maximum atomic E-state index is 14.3. The summed E-state index contributed by atoms with van der Waals surface area (Å²) in [5, 5.41) is 4.74. The molecule has 0 unspecified atom stereocenters. The zero-order valence-electron chi connectivity index (χ0n) is 18.7. The molecule has 7 heteroatoms. The van der Waals surface area contributed by atoms with Crippen LogP contribution >= 0.6 is 0 Å². The Labute approximate surface area is 196 Å². The first-order valence-corrected chi connectivity index (χ1v) is 11.6. The number of ether oxygens (including phenoxy) is 1. The zero-order valence-corrected chi connectivity index (χ0v) is 18.7. The molecule has 0 spiro atoms. The molecule has 2 heterocycles. The topological polar surface area (TPSA) is 73.2 Å². The van der Waals surface area contributed by atoms with Crippen molar-refractivity contribution in [3.05, 3.63) is 77.9 Å². The lowest BCUT2D eigenvalue weighted by atomic mass is 9.87. The minimum atomic E-state index is -0.439. The van der Waals surface area contributed by atoms with Gasteiger partial charge in [-0.3, -0.25) is 14.6 Å². The van der Waals surface area contributed by atoms with Crippen molar-refractivity contribution in [2.45, 2.75) is 38.3 Å². The van der Waals surface area contributed by atoms with Gasteiger partial charge in [0, 0.05) is 23.5 Å². The number of nitrogens with one attached hydrogen (secondary N) is 1. The first-order chi connectivity index (χ1) is 16.6. The van der Waals surface area contributed by atoms with Gasteiger partial charge in [0.1, 0.15) is 11.9 Å². The molecule has 0 aliphatic heterocycles. The van der Waals surface area contributed by atoms with Gasteiger partial charge >= 0.3 is 0 Å². The summed E-state index contributed by atoms with van der Waals surface area (Å²) in [6, 6.07) is 16.5. The predicted molar refractivity (Wildman–Crippen MR) is 128 cm³/mol. The lowest BCUT2D eigenvalue weighted by molar-refractivity contribution is -0.135. The van der Waals surface area contributed by atoms with Gasteiger partial charge < -0.3 is 14.6 Å². The average Bonchev–Trinajstić information content (AvgIpc) is 3.25. The van der Waals surface area contributed by atoms with Gasteiger partial charge in [0.25, 0.3) is 12.4 Å². The molecule has 34 heavy (non-hydrogen) atoms. The minimum Gasteiger partial charge on any atom is -0.465 e. The van der Waals surface area contributed by atoms with Crippen molar-refractivity contribution in [1.29, 1.82) is 0 Å². The standard InChI is InChI=1S/C27H26FN3O3/c28-21-13-20-11-12-31(16-22-8-7-19-3-1-2-4-25(19)30-22)26(20)24(14-21)27(33)29-15-18-5-9-23(10-6-18)34-17-32/h1-4,7-8,11-14,17-18,23H,5-6,9-10,15-16H2,(H,29,33). The first-order valence-electron chi connectivity index (χ1n) is 11.6. The highest BCUT2D eigenvalue weighted by atomic mass is 19.1. The number of rotatable bonds is 7. The van der Waals surface area contributed by atoms with Crippen molar-refractivity contribution in [3.63, 3.8) is 0 Å². The van der Waals surface area contributed by atoms with Crippen molar-refractivity contribution in [1.82, 2.24) is 14.9 Å². The third-order valence-electron chi connectivity index (χ3n) is 6.65. The zero-order chi connectivity index (χ0) is 23.5. The van der Waals surface area contributed by atoms with E-state index in [9.17, 15) is 14.0 Å². The third kappa shape index (κ3) is 4.64. The number of pyridine rings is 1. The van der Waals surface area contributed by atoms with Crippen molar-refractivity contribution >= 4 is 34.2 Å². The fraction of sp³-hybridized carbons (Fsp3) is 0.296. The van der Waals surface area contributed by atoms with Crippen LogP contribution in [0.25, 0.3) is 21.8 Å². The molecule has 6 nitrogen and oxygen atoms in total. The highest BCUT2D eigenvalue weighted by molar-refractivity contribution is 6.06. The number of carbonyl (C=O) groups is 2. The van der Waals surface area contributed by atoms with Gasteiger partial charge in [0.2, 0.25) is 0 Å². The highest BCUT2D eigenvalue weighted by Crippen LogP contribution is 2.27. The van der Waals surface area contributed by atoms with Crippen LogP contribution in [-0.4, -0.2) is 34.6 Å².